The van der Waals surface area contributed by atoms with Gasteiger partial charge in [-0.25, -0.2) is 4.98 Å². The first-order chi connectivity index (χ1) is 12.6. The van der Waals surface area contributed by atoms with Crippen LogP contribution in [0.4, 0.5) is 0 Å². The summed E-state index contributed by atoms with van der Waals surface area (Å²) in [6.07, 6.45) is 9.37. The molecule has 7 heteroatoms. The second-order valence-corrected chi connectivity index (χ2v) is 7.63. The first-order valence-electron chi connectivity index (χ1n) is 9.39. The second kappa shape index (κ2) is 7.15. The number of rotatable bonds is 5. The Kier molecular flexibility index (Phi) is 4.72. The van der Waals surface area contributed by atoms with Crippen LogP contribution in [0.15, 0.2) is 34.4 Å². The van der Waals surface area contributed by atoms with Gasteiger partial charge in [-0.3, -0.25) is 24.0 Å². The summed E-state index contributed by atoms with van der Waals surface area (Å²) in [5.74, 6) is 1.03. The van der Waals surface area contributed by atoms with Gasteiger partial charge in [0.1, 0.15) is 0 Å². The van der Waals surface area contributed by atoms with Crippen molar-refractivity contribution in [1.29, 1.82) is 0 Å². The van der Waals surface area contributed by atoms with Gasteiger partial charge in [-0.15, -0.1) is 0 Å². The lowest BCUT2D eigenvalue weighted by molar-refractivity contribution is 0.164. The molecule has 26 heavy (non-hydrogen) atoms. The summed E-state index contributed by atoms with van der Waals surface area (Å²) in [6, 6.07) is 1.72. The lowest BCUT2D eigenvalue weighted by Crippen LogP contribution is -2.36. The van der Waals surface area contributed by atoms with Crippen molar-refractivity contribution >= 4 is 0 Å². The topological polar surface area (TPSA) is 73.0 Å². The molecule has 0 spiro atoms. The molecular formula is C19H25N5O2. The molecule has 138 valence electrons. The molecule has 2 aliphatic rings. The number of aryl methyl sites for hydroxylation is 1. The van der Waals surface area contributed by atoms with Crippen molar-refractivity contribution in [1.82, 2.24) is 24.0 Å². The van der Waals surface area contributed by atoms with E-state index in [1.54, 1.807) is 34.8 Å². The highest BCUT2D eigenvalue weighted by Crippen LogP contribution is 2.38. The molecule has 3 heterocycles. The van der Waals surface area contributed by atoms with E-state index in [1.807, 2.05) is 0 Å². The summed E-state index contributed by atoms with van der Waals surface area (Å²) in [5.41, 5.74) is 1.88. The molecule has 1 saturated carbocycles. The fourth-order valence-corrected chi connectivity index (χ4v) is 3.65. The zero-order chi connectivity index (χ0) is 18.1. The Morgan fingerprint density at radius 3 is 2.50 bits per heavy atom. The minimum atomic E-state index is -0.0841. The zero-order valence-corrected chi connectivity index (χ0v) is 15.2. The van der Waals surface area contributed by atoms with Crippen molar-refractivity contribution in [2.24, 2.45) is 13.0 Å². The number of hydrogen-bond donors (Lipinski definition) is 0. The molecule has 1 aliphatic heterocycles. The van der Waals surface area contributed by atoms with Crippen molar-refractivity contribution < 1.29 is 0 Å². The first kappa shape index (κ1) is 17.1. The van der Waals surface area contributed by atoms with Gasteiger partial charge in [0.15, 0.2) is 0 Å². The molecule has 2 aromatic heterocycles. The van der Waals surface area contributed by atoms with Crippen LogP contribution in [0.3, 0.4) is 0 Å². The zero-order valence-electron chi connectivity index (χ0n) is 15.2. The number of aromatic nitrogens is 4. The molecule has 0 bridgehead atoms. The third kappa shape index (κ3) is 3.93. The van der Waals surface area contributed by atoms with E-state index in [9.17, 15) is 9.59 Å². The predicted molar refractivity (Wildman–Crippen MR) is 98.0 cm³/mol. The molecule has 1 saturated heterocycles. The summed E-state index contributed by atoms with van der Waals surface area (Å²) in [7, 11) is 1.75. The summed E-state index contributed by atoms with van der Waals surface area (Å²) in [4.78, 5) is 34.8. The van der Waals surface area contributed by atoms with Gasteiger partial charge in [0.2, 0.25) is 0 Å². The molecule has 2 fully saturated rings. The van der Waals surface area contributed by atoms with Crippen molar-refractivity contribution in [3.63, 3.8) is 0 Å². The maximum Gasteiger partial charge on any atom is 0.268 e. The summed E-state index contributed by atoms with van der Waals surface area (Å²) in [6.45, 7) is 3.48. The van der Waals surface area contributed by atoms with Gasteiger partial charge in [-0.1, -0.05) is 0 Å². The first-order valence-corrected chi connectivity index (χ1v) is 9.39. The largest absolute Gasteiger partial charge is 0.315 e. The minimum absolute atomic E-state index is 0.0822. The van der Waals surface area contributed by atoms with Crippen LogP contribution < -0.4 is 11.1 Å². The molecule has 0 unspecified atom stereocenters. The summed E-state index contributed by atoms with van der Waals surface area (Å²) >= 11 is 0. The second-order valence-electron chi connectivity index (χ2n) is 7.63. The highest BCUT2D eigenvalue weighted by atomic mass is 16.1. The molecule has 0 radical (unpaired) electrons. The lowest BCUT2D eigenvalue weighted by atomic mass is 9.96. The highest BCUT2D eigenvalue weighted by Gasteiger charge is 2.26. The van der Waals surface area contributed by atoms with Crippen molar-refractivity contribution in [3.05, 3.63) is 56.9 Å². The number of nitrogens with zero attached hydrogens (tertiary/aromatic N) is 5. The van der Waals surface area contributed by atoms with E-state index >= 15 is 0 Å². The Morgan fingerprint density at radius 1 is 1.08 bits per heavy atom. The maximum absolute atomic E-state index is 12.3. The van der Waals surface area contributed by atoms with E-state index in [1.165, 1.54) is 19.0 Å². The smallest absolute Gasteiger partial charge is 0.268 e. The van der Waals surface area contributed by atoms with Crippen LogP contribution in [0, 0.1) is 5.92 Å². The molecule has 0 aromatic carbocycles. The quantitative estimate of drug-likeness (QED) is 0.804. The van der Waals surface area contributed by atoms with E-state index in [2.05, 4.69) is 14.9 Å². The molecule has 0 N–H and O–H groups in total. The fraction of sp³-hybridized carbons (Fsp3) is 0.579. The maximum atomic E-state index is 12.3. The van der Waals surface area contributed by atoms with Gasteiger partial charge in [-0.05, 0) is 44.7 Å². The van der Waals surface area contributed by atoms with Gasteiger partial charge in [0, 0.05) is 38.3 Å². The number of hydrogen-bond acceptors (Lipinski definition) is 5. The van der Waals surface area contributed by atoms with Crippen LogP contribution >= 0.6 is 0 Å². The minimum Gasteiger partial charge on any atom is -0.315 e. The van der Waals surface area contributed by atoms with E-state index in [0.717, 1.165) is 50.4 Å². The average Bonchev–Trinajstić information content (AvgIpc) is 3.47. The van der Waals surface area contributed by atoms with Gasteiger partial charge < -0.3 is 4.57 Å². The summed E-state index contributed by atoms with van der Waals surface area (Å²) in [5, 5.41) is 0. The molecule has 7 nitrogen and oxygen atoms in total. The third-order valence-corrected chi connectivity index (χ3v) is 5.48. The van der Waals surface area contributed by atoms with Gasteiger partial charge in [-0.2, -0.15) is 0 Å². The predicted octanol–water partition coefficient (Wildman–Crippen LogP) is 1.13. The monoisotopic (exact) mass is 355 g/mol. The van der Waals surface area contributed by atoms with E-state index in [0.29, 0.717) is 11.8 Å². The molecule has 1 aliphatic carbocycles. The lowest BCUT2D eigenvalue weighted by Gasteiger charge is -2.31. The fourth-order valence-electron chi connectivity index (χ4n) is 3.65. The number of likely N-dealkylation sites (tertiary alicyclic amines) is 1. The molecule has 0 amide bonds. The molecule has 4 rings (SSSR count). The van der Waals surface area contributed by atoms with Crippen LogP contribution in [0.25, 0.3) is 0 Å². The highest BCUT2D eigenvalue weighted by molar-refractivity contribution is 5.12. The van der Waals surface area contributed by atoms with Crippen LogP contribution in [0.2, 0.25) is 0 Å². The Morgan fingerprint density at radius 2 is 1.85 bits per heavy atom. The van der Waals surface area contributed by atoms with Gasteiger partial charge >= 0.3 is 0 Å². The van der Waals surface area contributed by atoms with Crippen molar-refractivity contribution in [2.75, 3.05) is 13.1 Å². The molecule has 0 atom stereocenters. The van der Waals surface area contributed by atoms with E-state index < -0.39 is 0 Å². The van der Waals surface area contributed by atoms with Crippen LogP contribution in [-0.4, -0.2) is 37.1 Å². The Bertz CT molecular complexity index is 891. The number of piperidine rings is 1. The van der Waals surface area contributed by atoms with Crippen LogP contribution in [0.5, 0.6) is 0 Å². The van der Waals surface area contributed by atoms with Gasteiger partial charge in [0.25, 0.3) is 11.1 Å². The standard InChI is InChI=1S/C19H25N5O2/c1-22-11-16(20-9-19(22)26)12-23-6-4-14(5-7-23)10-24-13-21-17(8-18(24)25)15-2-3-15/h8-9,11,13-15H,2-7,10,12H2,1H3. The Balaban J connectivity index is 1.31. The van der Waals surface area contributed by atoms with Gasteiger partial charge in [0.05, 0.1) is 23.9 Å². The Hall–Kier alpha value is -2.28. The van der Waals surface area contributed by atoms with E-state index in [4.69, 9.17) is 0 Å². The normalized spacial score (nSPS) is 19.0. The Labute approximate surface area is 152 Å². The van der Waals surface area contributed by atoms with E-state index in [-0.39, 0.29) is 11.1 Å². The SMILES string of the molecule is Cn1cc(CN2CCC(Cn3cnc(C4CC4)cc3=O)CC2)ncc1=O. The third-order valence-electron chi connectivity index (χ3n) is 5.48. The van der Waals surface area contributed by atoms with Crippen LogP contribution in [0.1, 0.15) is 43.0 Å². The van der Waals surface area contributed by atoms with Crippen LogP contribution in [-0.2, 0) is 20.1 Å². The van der Waals surface area contributed by atoms with Crippen molar-refractivity contribution in [3.8, 4) is 0 Å². The molecular weight excluding hydrogens is 330 g/mol. The average molecular weight is 355 g/mol. The summed E-state index contributed by atoms with van der Waals surface area (Å²) < 4.78 is 3.33. The van der Waals surface area contributed by atoms with Crippen molar-refractivity contribution in [2.45, 2.75) is 44.7 Å². The molecule has 2 aromatic rings.